The largest absolute Gasteiger partial charge is 0.394 e. The predicted molar refractivity (Wildman–Crippen MR) is 78.8 cm³/mol. The summed E-state index contributed by atoms with van der Waals surface area (Å²) in [5.74, 6) is -0.202. The Labute approximate surface area is 130 Å². The first-order valence-corrected chi connectivity index (χ1v) is 7.19. The van der Waals surface area contributed by atoms with Crippen molar-refractivity contribution < 1.29 is 14.9 Å². The molecule has 0 aliphatic carbocycles. The minimum Gasteiger partial charge on any atom is -0.394 e. The van der Waals surface area contributed by atoms with Gasteiger partial charge in [0.1, 0.15) is 10.8 Å². The van der Waals surface area contributed by atoms with E-state index in [4.69, 9.17) is 16.0 Å². The lowest BCUT2D eigenvalue weighted by Gasteiger charge is -2.16. The van der Waals surface area contributed by atoms with E-state index in [0.717, 1.165) is 4.57 Å². The summed E-state index contributed by atoms with van der Waals surface area (Å²) in [7, 11) is 0. The Hall–Kier alpha value is -2.44. The number of aliphatic hydroxyl groups is 2. The van der Waals surface area contributed by atoms with Crippen LogP contribution < -0.4 is 16.2 Å². The first-order valence-electron chi connectivity index (χ1n) is 6.37. The van der Waals surface area contributed by atoms with Crippen LogP contribution in [0.5, 0.6) is 0 Å². The van der Waals surface area contributed by atoms with Crippen molar-refractivity contribution in [2.45, 2.75) is 24.5 Å². The summed E-state index contributed by atoms with van der Waals surface area (Å²) >= 11 is 0.615. The van der Waals surface area contributed by atoms with Gasteiger partial charge in [-0.15, -0.1) is 0 Å². The van der Waals surface area contributed by atoms with Gasteiger partial charge in [-0.25, -0.2) is 0 Å². The second-order valence-corrected chi connectivity index (χ2v) is 5.74. The SMILES string of the molecule is [N-]=[N+]=N[C@H]1[C@@H](O)[C@H](n2c(=O)sc3c(=O)[nH]c(N)nc32)O[C@@H]1CO. The van der Waals surface area contributed by atoms with Crippen molar-refractivity contribution in [3.63, 3.8) is 0 Å². The first-order chi connectivity index (χ1) is 11.0. The molecular weight excluding hydrogens is 330 g/mol. The third kappa shape index (κ3) is 2.36. The number of fused-ring (bicyclic) bond motifs is 1. The van der Waals surface area contributed by atoms with Crippen molar-refractivity contribution in [3.8, 4) is 0 Å². The summed E-state index contributed by atoms with van der Waals surface area (Å²) in [5, 5.41) is 22.9. The van der Waals surface area contributed by atoms with Crippen LogP contribution in [0.3, 0.4) is 0 Å². The lowest BCUT2D eigenvalue weighted by molar-refractivity contribution is -0.0496. The van der Waals surface area contributed by atoms with E-state index in [9.17, 15) is 19.8 Å². The number of anilines is 1. The Bertz CT molecular complexity index is 912. The number of hydrogen-bond donors (Lipinski definition) is 4. The van der Waals surface area contributed by atoms with Crippen molar-refractivity contribution in [2.24, 2.45) is 5.11 Å². The van der Waals surface area contributed by atoms with Gasteiger partial charge in [0.25, 0.3) is 5.56 Å². The van der Waals surface area contributed by atoms with Gasteiger partial charge < -0.3 is 20.7 Å². The fraction of sp³-hybridized carbons (Fsp3) is 0.500. The van der Waals surface area contributed by atoms with Gasteiger partial charge in [0.2, 0.25) is 5.95 Å². The molecule has 13 heteroatoms. The van der Waals surface area contributed by atoms with E-state index < -0.39 is 41.5 Å². The molecule has 0 spiro atoms. The molecule has 23 heavy (non-hydrogen) atoms. The molecule has 1 fully saturated rings. The number of hydrogen-bond acceptors (Lipinski definition) is 9. The number of azide groups is 1. The van der Waals surface area contributed by atoms with Gasteiger partial charge in [0.15, 0.2) is 11.9 Å². The number of ether oxygens (including phenoxy) is 1. The van der Waals surface area contributed by atoms with Crippen LogP contribution in [0.1, 0.15) is 6.23 Å². The molecule has 0 radical (unpaired) electrons. The standard InChI is InChI=1S/C10H11N7O5S/c11-9-13-6-5(7(20)14-9)23-10(21)17(6)8-4(19)3(15-16-12)2(1-18)22-8/h2-4,8,18-19H,1H2,(H3,11,13,14,20)/t2-,3-,4-,8-/m1/s1. The fourth-order valence-corrected chi connectivity index (χ4v) is 3.31. The third-order valence-electron chi connectivity index (χ3n) is 3.45. The smallest absolute Gasteiger partial charge is 0.311 e. The van der Waals surface area contributed by atoms with Gasteiger partial charge in [-0.05, 0) is 5.53 Å². The van der Waals surface area contributed by atoms with Crippen LogP contribution in [-0.2, 0) is 4.74 Å². The van der Waals surface area contributed by atoms with E-state index in [1.54, 1.807) is 0 Å². The third-order valence-corrected chi connectivity index (χ3v) is 4.39. The highest BCUT2D eigenvalue weighted by Crippen LogP contribution is 2.32. The first kappa shape index (κ1) is 15.5. The molecule has 3 heterocycles. The number of aliphatic hydroxyl groups excluding tert-OH is 2. The van der Waals surface area contributed by atoms with Crippen molar-refractivity contribution in [3.05, 3.63) is 30.5 Å². The summed E-state index contributed by atoms with van der Waals surface area (Å²) in [6, 6.07) is -1.09. The Morgan fingerprint density at radius 3 is 2.96 bits per heavy atom. The maximum atomic E-state index is 12.2. The normalized spacial score (nSPS) is 27.2. The van der Waals surface area contributed by atoms with E-state index >= 15 is 0 Å². The topological polar surface area (TPSA) is 192 Å². The Kier molecular flexibility index (Phi) is 3.79. The molecule has 1 saturated heterocycles. The molecule has 2 aromatic heterocycles. The van der Waals surface area contributed by atoms with Crippen LogP contribution in [0.4, 0.5) is 5.95 Å². The van der Waals surface area contributed by atoms with Crippen LogP contribution >= 0.6 is 11.3 Å². The number of nitrogens with two attached hydrogens (primary N) is 1. The van der Waals surface area contributed by atoms with Crippen molar-refractivity contribution in [2.75, 3.05) is 12.3 Å². The van der Waals surface area contributed by atoms with Crippen LogP contribution in [0, 0.1) is 0 Å². The van der Waals surface area contributed by atoms with Gasteiger partial charge in [-0.2, -0.15) is 4.98 Å². The van der Waals surface area contributed by atoms with Crippen molar-refractivity contribution in [1.29, 1.82) is 0 Å². The van der Waals surface area contributed by atoms with E-state index in [1.807, 2.05) is 0 Å². The number of aromatic nitrogens is 3. The molecular formula is C10H11N7O5S. The highest BCUT2D eigenvalue weighted by atomic mass is 32.1. The van der Waals surface area contributed by atoms with Crippen LogP contribution in [0.15, 0.2) is 14.7 Å². The summed E-state index contributed by atoms with van der Waals surface area (Å²) in [4.78, 5) is 32.2. The minimum absolute atomic E-state index is 0.0211. The van der Waals surface area contributed by atoms with Crippen molar-refractivity contribution >= 4 is 27.6 Å². The van der Waals surface area contributed by atoms with Crippen LogP contribution in [0.2, 0.25) is 0 Å². The second-order valence-electron chi connectivity index (χ2n) is 4.78. The molecule has 0 saturated carbocycles. The predicted octanol–water partition coefficient (Wildman–Crippen LogP) is -1.34. The summed E-state index contributed by atoms with van der Waals surface area (Å²) in [6.07, 6.45) is -3.66. The summed E-state index contributed by atoms with van der Waals surface area (Å²) < 4.78 is 6.40. The van der Waals surface area contributed by atoms with E-state index in [1.165, 1.54) is 0 Å². The molecule has 5 N–H and O–H groups in total. The Morgan fingerprint density at radius 1 is 1.57 bits per heavy atom. The molecule has 0 amide bonds. The van der Waals surface area contributed by atoms with Gasteiger partial charge >= 0.3 is 4.87 Å². The molecule has 0 unspecified atom stereocenters. The number of nitrogens with one attached hydrogen (secondary N) is 1. The zero-order valence-electron chi connectivity index (χ0n) is 11.4. The van der Waals surface area contributed by atoms with Gasteiger partial charge in [0, 0.05) is 4.91 Å². The number of rotatable bonds is 3. The summed E-state index contributed by atoms with van der Waals surface area (Å²) in [5.41, 5.74) is 13.4. The number of nitrogens with zero attached hydrogens (tertiary/aromatic N) is 5. The quantitative estimate of drug-likeness (QED) is 0.301. The van der Waals surface area contributed by atoms with Gasteiger partial charge in [-0.3, -0.25) is 19.1 Å². The molecule has 12 nitrogen and oxygen atoms in total. The molecule has 1 aliphatic heterocycles. The fourth-order valence-electron chi connectivity index (χ4n) is 2.47. The van der Waals surface area contributed by atoms with Gasteiger partial charge in [0.05, 0.1) is 18.8 Å². The molecule has 0 bridgehead atoms. The lowest BCUT2D eigenvalue weighted by Crippen LogP contribution is -2.33. The maximum Gasteiger partial charge on any atom is 0.311 e. The number of H-pyrrole nitrogens is 1. The van der Waals surface area contributed by atoms with E-state index in [-0.39, 0.29) is 16.3 Å². The number of thiazole rings is 1. The molecule has 2 aromatic rings. The average Bonchev–Trinajstić information content (AvgIpc) is 2.98. The van der Waals surface area contributed by atoms with E-state index in [0.29, 0.717) is 11.3 Å². The Morgan fingerprint density at radius 2 is 2.30 bits per heavy atom. The molecule has 1 aliphatic rings. The highest BCUT2D eigenvalue weighted by molar-refractivity contribution is 7.16. The summed E-state index contributed by atoms with van der Waals surface area (Å²) in [6.45, 7) is -0.524. The number of nitrogen functional groups attached to an aromatic ring is 1. The van der Waals surface area contributed by atoms with E-state index in [2.05, 4.69) is 20.0 Å². The second kappa shape index (κ2) is 5.64. The average molecular weight is 341 g/mol. The monoisotopic (exact) mass is 341 g/mol. The molecule has 3 rings (SSSR count). The van der Waals surface area contributed by atoms with Crippen LogP contribution in [-0.4, -0.2) is 49.6 Å². The number of aromatic amines is 1. The Balaban J connectivity index is 2.17. The van der Waals surface area contributed by atoms with Crippen molar-refractivity contribution in [1.82, 2.24) is 14.5 Å². The molecule has 4 atom stereocenters. The molecule has 122 valence electrons. The zero-order chi connectivity index (χ0) is 16.7. The zero-order valence-corrected chi connectivity index (χ0v) is 12.2. The minimum atomic E-state index is -1.40. The highest BCUT2D eigenvalue weighted by Gasteiger charge is 2.45. The molecule has 0 aromatic carbocycles. The maximum absolute atomic E-state index is 12.2. The van der Waals surface area contributed by atoms with Crippen LogP contribution in [0.25, 0.3) is 20.8 Å². The van der Waals surface area contributed by atoms with Gasteiger partial charge in [-0.1, -0.05) is 16.5 Å². The lowest BCUT2D eigenvalue weighted by atomic mass is 10.1.